The topological polar surface area (TPSA) is 58.6 Å². The summed E-state index contributed by atoms with van der Waals surface area (Å²) < 4.78 is 68.3. The van der Waals surface area contributed by atoms with Crippen LogP contribution in [0.5, 0.6) is 0 Å². The molecule has 0 spiro atoms. The van der Waals surface area contributed by atoms with Crippen LogP contribution in [0.3, 0.4) is 0 Å². The van der Waals surface area contributed by atoms with Gasteiger partial charge in [-0.3, -0.25) is 4.79 Å². The number of hydrogen-bond acceptors (Lipinski definition) is 3. The first kappa shape index (κ1) is 20.3. The Morgan fingerprint density at radius 3 is 2.35 bits per heavy atom. The minimum atomic E-state index is -9.74. The molecule has 5 nitrogen and oxygen atoms in total. The summed E-state index contributed by atoms with van der Waals surface area (Å²) in [7, 11) is -9.74. The number of piperidine rings is 1. The summed E-state index contributed by atoms with van der Waals surface area (Å²) in [5.41, 5.74) is -0.0335. The van der Waals surface area contributed by atoms with Gasteiger partial charge in [-0.15, -0.1) is 0 Å². The zero-order valence-corrected chi connectivity index (χ0v) is 14.7. The predicted octanol–water partition coefficient (Wildman–Crippen LogP) is 5.15. The van der Waals surface area contributed by atoms with E-state index in [1.54, 1.807) is 6.92 Å². The van der Waals surface area contributed by atoms with Crippen molar-refractivity contribution in [3.63, 3.8) is 0 Å². The van der Waals surface area contributed by atoms with E-state index in [9.17, 15) is 29.0 Å². The number of benzene rings is 1. The van der Waals surface area contributed by atoms with Crippen LogP contribution in [0.4, 0.5) is 29.9 Å². The number of nitrogens with one attached hydrogen (secondary N) is 1. The minimum Gasteiger partial charge on any atom is -0.450 e. The van der Waals surface area contributed by atoms with E-state index < -0.39 is 33.0 Å². The number of anilines is 1. The maximum Gasteiger partial charge on any atom is 0.409 e. The van der Waals surface area contributed by atoms with E-state index in [1.807, 2.05) is 0 Å². The van der Waals surface area contributed by atoms with Crippen LogP contribution >= 0.6 is 10.2 Å². The quantitative estimate of drug-likeness (QED) is 0.709. The average Bonchev–Trinajstić information content (AvgIpc) is 2.53. The van der Waals surface area contributed by atoms with Crippen LogP contribution in [-0.4, -0.2) is 36.6 Å². The van der Waals surface area contributed by atoms with Crippen LogP contribution in [0.25, 0.3) is 0 Å². The molecule has 1 atom stereocenters. The smallest absolute Gasteiger partial charge is 0.409 e. The molecule has 1 aromatic carbocycles. The maximum atomic E-state index is 12.7. The second kappa shape index (κ2) is 6.29. The van der Waals surface area contributed by atoms with Gasteiger partial charge in [-0.05, 0) is 44.0 Å². The molecule has 0 bridgehead atoms. The Morgan fingerprint density at radius 1 is 1.19 bits per heavy atom. The van der Waals surface area contributed by atoms with E-state index >= 15 is 0 Å². The summed E-state index contributed by atoms with van der Waals surface area (Å²) >= 11 is 0. The lowest BCUT2D eigenvalue weighted by molar-refractivity contribution is -0.121. The number of nitrogens with zero attached hydrogens (tertiary/aromatic N) is 1. The molecule has 2 rings (SSSR count). The van der Waals surface area contributed by atoms with Gasteiger partial charge in [0.1, 0.15) is 4.90 Å². The lowest BCUT2D eigenvalue weighted by atomic mass is 9.97. The molecule has 1 aliphatic rings. The van der Waals surface area contributed by atoms with Crippen molar-refractivity contribution < 1.29 is 33.8 Å². The Balaban J connectivity index is 2.03. The first-order chi connectivity index (χ1) is 11.8. The Bertz CT molecular complexity index is 694. The van der Waals surface area contributed by atoms with Crippen molar-refractivity contribution in [3.05, 3.63) is 24.3 Å². The maximum absolute atomic E-state index is 12.7. The third-order valence-corrected chi connectivity index (χ3v) is 5.05. The molecule has 1 aliphatic heterocycles. The highest BCUT2D eigenvalue weighted by Crippen LogP contribution is 3.02. The van der Waals surface area contributed by atoms with Gasteiger partial charge in [-0.2, -0.15) is 0 Å². The highest BCUT2D eigenvalue weighted by Gasteiger charge is 2.65. The second-order valence-corrected chi connectivity index (χ2v) is 8.38. The fraction of sp³-hybridized carbons (Fsp3) is 0.467. The SMILES string of the molecule is CCOC(=O)N1CCC[C@@H](C(=O)Nc2ccc(S(F)(F)(F)(F)F)cc2)C1. The Labute approximate surface area is 147 Å². The number of likely N-dealkylation sites (tertiary alicyclic amines) is 1. The number of ether oxygens (including phenoxy) is 1. The van der Waals surface area contributed by atoms with Crippen molar-refractivity contribution >= 4 is 27.9 Å². The van der Waals surface area contributed by atoms with Crippen LogP contribution in [0.1, 0.15) is 19.8 Å². The van der Waals surface area contributed by atoms with Gasteiger partial charge in [0.15, 0.2) is 0 Å². The van der Waals surface area contributed by atoms with Gasteiger partial charge in [0.25, 0.3) is 0 Å². The van der Waals surface area contributed by atoms with Crippen LogP contribution < -0.4 is 5.32 Å². The fourth-order valence-electron chi connectivity index (χ4n) is 2.61. The standard InChI is InChI=1S/C15H19F5N2O3S/c1-2-25-15(24)22-9-3-4-11(10-22)14(23)21-12-5-7-13(8-6-12)26(16,17,18,19)20/h5-8,11H,2-4,9-10H2,1H3,(H,21,23)/t11-/m1/s1. The molecular formula is C15H19F5N2O3S. The molecule has 2 amide bonds. The van der Waals surface area contributed by atoms with Crippen LogP contribution in [0, 0.1) is 5.92 Å². The zero-order chi connectivity index (χ0) is 19.7. The first-order valence-corrected chi connectivity index (χ1v) is 9.82. The molecule has 0 aliphatic carbocycles. The van der Waals surface area contributed by atoms with E-state index in [0.717, 1.165) is 12.1 Å². The van der Waals surface area contributed by atoms with Crippen molar-refractivity contribution in [1.82, 2.24) is 4.90 Å². The Morgan fingerprint density at radius 2 is 1.81 bits per heavy atom. The predicted molar refractivity (Wildman–Crippen MR) is 87.8 cm³/mol. The van der Waals surface area contributed by atoms with Crippen LogP contribution in [0.15, 0.2) is 29.2 Å². The third-order valence-electron chi connectivity index (χ3n) is 3.89. The highest BCUT2D eigenvalue weighted by atomic mass is 32.5. The van der Waals surface area contributed by atoms with Gasteiger partial charge in [0.2, 0.25) is 5.91 Å². The summed E-state index contributed by atoms with van der Waals surface area (Å²) in [6, 6.07) is 2.03. The third kappa shape index (κ3) is 5.23. The molecule has 0 unspecified atom stereocenters. The zero-order valence-electron chi connectivity index (χ0n) is 13.9. The minimum absolute atomic E-state index is 0.0335. The number of rotatable bonds is 4. The molecule has 148 valence electrons. The number of halogens is 5. The Kier molecular flexibility index (Phi) is 4.90. The highest BCUT2D eigenvalue weighted by molar-refractivity contribution is 8.45. The molecule has 26 heavy (non-hydrogen) atoms. The van der Waals surface area contributed by atoms with Crippen molar-refractivity contribution in [1.29, 1.82) is 0 Å². The summed E-state index contributed by atoms with van der Waals surface area (Å²) in [4.78, 5) is 23.3. The summed E-state index contributed by atoms with van der Waals surface area (Å²) in [6.45, 7) is 2.42. The molecule has 0 radical (unpaired) electrons. The van der Waals surface area contributed by atoms with Crippen molar-refractivity contribution in [3.8, 4) is 0 Å². The van der Waals surface area contributed by atoms with Gasteiger partial charge in [-0.1, -0.05) is 19.4 Å². The molecule has 1 saturated heterocycles. The normalized spacial score (nSPS) is 20.7. The van der Waals surface area contributed by atoms with E-state index in [2.05, 4.69) is 5.32 Å². The molecule has 1 heterocycles. The number of carbonyl (C=O) groups is 2. The lowest BCUT2D eigenvalue weighted by Gasteiger charge is -2.40. The van der Waals surface area contributed by atoms with Gasteiger partial charge >= 0.3 is 16.3 Å². The summed E-state index contributed by atoms with van der Waals surface area (Å²) in [6.07, 6.45) is 0.524. The largest absolute Gasteiger partial charge is 0.450 e. The molecule has 1 fully saturated rings. The number of hydrogen-bond donors (Lipinski definition) is 1. The van der Waals surface area contributed by atoms with Gasteiger partial charge < -0.3 is 15.0 Å². The van der Waals surface area contributed by atoms with E-state index in [0.29, 0.717) is 19.4 Å². The summed E-state index contributed by atoms with van der Waals surface area (Å²) in [5.74, 6) is -1.07. The van der Waals surface area contributed by atoms with Crippen LogP contribution in [0.2, 0.25) is 0 Å². The number of amides is 2. The molecule has 0 saturated carbocycles. The first-order valence-electron chi connectivity index (χ1n) is 7.87. The van der Waals surface area contributed by atoms with Crippen molar-refractivity contribution in [2.45, 2.75) is 24.7 Å². The van der Waals surface area contributed by atoms with Gasteiger partial charge in [-0.25, -0.2) is 4.79 Å². The molecular weight excluding hydrogens is 383 g/mol. The monoisotopic (exact) mass is 402 g/mol. The van der Waals surface area contributed by atoms with E-state index in [4.69, 9.17) is 4.74 Å². The van der Waals surface area contributed by atoms with E-state index in [-0.39, 0.29) is 31.0 Å². The second-order valence-electron chi connectivity index (χ2n) is 5.97. The molecule has 1 N–H and O–H groups in total. The molecule has 0 aromatic heterocycles. The van der Waals surface area contributed by atoms with E-state index in [1.165, 1.54) is 4.90 Å². The van der Waals surface area contributed by atoms with Gasteiger partial charge in [0.05, 0.1) is 12.5 Å². The summed E-state index contributed by atoms with van der Waals surface area (Å²) in [5, 5.41) is 2.39. The molecule has 11 heteroatoms. The number of carbonyl (C=O) groups excluding carboxylic acids is 2. The van der Waals surface area contributed by atoms with Crippen LogP contribution in [-0.2, 0) is 9.53 Å². The van der Waals surface area contributed by atoms with Crippen molar-refractivity contribution in [2.75, 3.05) is 25.0 Å². The lowest BCUT2D eigenvalue weighted by Crippen LogP contribution is -2.44. The van der Waals surface area contributed by atoms with Crippen molar-refractivity contribution in [2.24, 2.45) is 5.92 Å². The molecule has 1 aromatic rings. The van der Waals surface area contributed by atoms with Gasteiger partial charge in [0, 0.05) is 18.8 Å². The Hall–Kier alpha value is -2.04. The fourth-order valence-corrected chi connectivity index (χ4v) is 3.26. The average molecular weight is 402 g/mol.